The van der Waals surface area contributed by atoms with Gasteiger partial charge in [-0.25, -0.2) is 9.67 Å². The van der Waals surface area contributed by atoms with Crippen molar-refractivity contribution in [2.24, 2.45) is 0 Å². The number of likely N-dealkylation sites (tertiary alicyclic amines) is 1. The fraction of sp³-hybridized carbons (Fsp3) is 0.292. The lowest BCUT2D eigenvalue weighted by atomic mass is 9.96. The minimum atomic E-state index is -0.362. The zero-order chi connectivity index (χ0) is 23.8. The van der Waals surface area contributed by atoms with E-state index in [-0.39, 0.29) is 29.4 Å². The van der Waals surface area contributed by atoms with Gasteiger partial charge in [-0.1, -0.05) is 52.7 Å². The molecule has 1 saturated heterocycles. The summed E-state index contributed by atoms with van der Waals surface area (Å²) in [6.45, 7) is 3.30. The van der Waals surface area contributed by atoms with E-state index >= 15 is 0 Å². The summed E-state index contributed by atoms with van der Waals surface area (Å²) in [7, 11) is 0. The van der Waals surface area contributed by atoms with Crippen LogP contribution < -0.4 is 5.56 Å². The van der Waals surface area contributed by atoms with E-state index < -0.39 is 0 Å². The molecule has 1 amide bonds. The molecule has 1 aliphatic rings. The molecule has 8 nitrogen and oxygen atoms in total. The standard InChI is InChI=1S/C24H22Cl2N6O2/c1-14-6-2-3-8-16(14)24(34)31-11-5-7-15(12-31)21-27-22-20(23(33)28-21)29-30-32(22)13-17-18(25)9-4-10-19(17)26/h2-4,6,8-10,15H,5,7,11-13H2,1H3,(H,27,28,33). The van der Waals surface area contributed by atoms with E-state index in [2.05, 4.69) is 15.3 Å². The topological polar surface area (TPSA) is 96.8 Å². The van der Waals surface area contributed by atoms with Crippen LogP contribution in [0.25, 0.3) is 11.2 Å². The number of nitrogens with one attached hydrogen (secondary N) is 1. The summed E-state index contributed by atoms with van der Waals surface area (Å²) in [4.78, 5) is 35.3. The number of aryl methyl sites for hydroxylation is 1. The number of benzene rings is 2. The molecular weight excluding hydrogens is 475 g/mol. The molecule has 2 aromatic heterocycles. The number of H-pyrrole nitrogens is 1. The second kappa shape index (κ2) is 9.19. The Bertz CT molecular complexity index is 1430. The van der Waals surface area contributed by atoms with Crippen LogP contribution in [0.4, 0.5) is 0 Å². The number of carbonyl (C=O) groups excluding carboxylic acids is 1. The van der Waals surface area contributed by atoms with E-state index in [1.165, 1.54) is 4.68 Å². The van der Waals surface area contributed by atoms with E-state index in [0.717, 1.165) is 18.4 Å². The number of hydrogen-bond acceptors (Lipinski definition) is 5. The molecule has 0 saturated carbocycles. The average Bonchev–Trinajstić information content (AvgIpc) is 3.25. The lowest BCUT2D eigenvalue weighted by Crippen LogP contribution is -2.40. The maximum Gasteiger partial charge on any atom is 0.281 e. The van der Waals surface area contributed by atoms with Crippen LogP contribution in [0.3, 0.4) is 0 Å². The number of piperidine rings is 1. The summed E-state index contributed by atoms with van der Waals surface area (Å²) in [5.41, 5.74) is 2.45. The molecule has 3 heterocycles. The Morgan fingerprint density at radius 2 is 1.91 bits per heavy atom. The van der Waals surface area contributed by atoms with Crippen molar-refractivity contribution in [3.05, 3.63) is 85.4 Å². The SMILES string of the molecule is Cc1ccccc1C(=O)N1CCCC(c2nc3c(nnn3Cc3c(Cl)cccc3Cl)c(=O)[nH]2)C1. The minimum Gasteiger partial charge on any atom is -0.338 e. The second-order valence-corrected chi connectivity index (χ2v) is 9.29. The van der Waals surface area contributed by atoms with Crippen molar-refractivity contribution in [1.29, 1.82) is 0 Å². The average molecular weight is 497 g/mol. The fourth-order valence-electron chi connectivity index (χ4n) is 4.38. The normalized spacial score (nSPS) is 16.2. The number of rotatable bonds is 4. The number of halogens is 2. The number of hydrogen-bond donors (Lipinski definition) is 1. The molecule has 1 N–H and O–H groups in total. The summed E-state index contributed by atoms with van der Waals surface area (Å²) >= 11 is 12.6. The summed E-state index contributed by atoms with van der Waals surface area (Å²) < 4.78 is 1.53. The van der Waals surface area contributed by atoms with Crippen LogP contribution in [0, 0.1) is 6.92 Å². The van der Waals surface area contributed by atoms with Crippen LogP contribution in [0.5, 0.6) is 0 Å². The van der Waals surface area contributed by atoms with Crippen molar-refractivity contribution in [3.63, 3.8) is 0 Å². The third kappa shape index (κ3) is 4.19. The highest BCUT2D eigenvalue weighted by Gasteiger charge is 2.28. The molecular formula is C24H22Cl2N6O2. The first-order valence-corrected chi connectivity index (χ1v) is 11.8. The van der Waals surface area contributed by atoms with Crippen LogP contribution in [-0.2, 0) is 6.54 Å². The Labute approximate surface area is 205 Å². The van der Waals surface area contributed by atoms with Crippen LogP contribution in [-0.4, -0.2) is 48.9 Å². The summed E-state index contributed by atoms with van der Waals surface area (Å²) in [5.74, 6) is 0.408. The van der Waals surface area contributed by atoms with Crippen molar-refractivity contribution in [1.82, 2.24) is 29.9 Å². The molecule has 2 aromatic carbocycles. The molecule has 0 radical (unpaired) electrons. The van der Waals surface area contributed by atoms with Crippen LogP contribution >= 0.6 is 23.2 Å². The van der Waals surface area contributed by atoms with E-state index in [1.807, 2.05) is 36.1 Å². The predicted molar refractivity (Wildman–Crippen MR) is 131 cm³/mol. The lowest BCUT2D eigenvalue weighted by Gasteiger charge is -2.32. The number of aromatic amines is 1. The van der Waals surface area contributed by atoms with Crippen molar-refractivity contribution in [2.45, 2.75) is 32.2 Å². The van der Waals surface area contributed by atoms with Crippen molar-refractivity contribution >= 4 is 40.3 Å². The second-order valence-electron chi connectivity index (χ2n) is 8.48. The molecule has 1 fully saturated rings. The first kappa shape index (κ1) is 22.6. The Balaban J connectivity index is 1.46. The van der Waals surface area contributed by atoms with Crippen molar-refractivity contribution in [2.75, 3.05) is 13.1 Å². The van der Waals surface area contributed by atoms with E-state index in [4.69, 9.17) is 28.2 Å². The number of nitrogens with zero attached hydrogens (tertiary/aromatic N) is 5. The van der Waals surface area contributed by atoms with Gasteiger partial charge in [0.25, 0.3) is 11.5 Å². The highest BCUT2D eigenvalue weighted by Crippen LogP contribution is 2.28. The maximum atomic E-state index is 13.1. The van der Waals surface area contributed by atoms with Gasteiger partial charge in [0.05, 0.1) is 6.54 Å². The quantitative estimate of drug-likeness (QED) is 0.456. The molecule has 1 atom stereocenters. The third-order valence-electron chi connectivity index (χ3n) is 6.23. The zero-order valence-electron chi connectivity index (χ0n) is 18.5. The highest BCUT2D eigenvalue weighted by molar-refractivity contribution is 6.36. The monoisotopic (exact) mass is 496 g/mol. The van der Waals surface area contributed by atoms with E-state index in [1.54, 1.807) is 18.2 Å². The van der Waals surface area contributed by atoms with Gasteiger partial charge in [-0.15, -0.1) is 5.10 Å². The third-order valence-corrected chi connectivity index (χ3v) is 6.94. The molecule has 0 spiro atoms. The summed E-state index contributed by atoms with van der Waals surface area (Å²) in [6, 6.07) is 12.8. The molecule has 34 heavy (non-hydrogen) atoms. The van der Waals surface area contributed by atoms with E-state index in [0.29, 0.717) is 45.7 Å². The largest absolute Gasteiger partial charge is 0.338 e. The van der Waals surface area contributed by atoms with Gasteiger partial charge < -0.3 is 9.88 Å². The zero-order valence-corrected chi connectivity index (χ0v) is 20.0. The lowest BCUT2D eigenvalue weighted by molar-refractivity contribution is 0.0704. The number of amides is 1. The number of aromatic nitrogens is 5. The minimum absolute atomic E-state index is 0.00806. The number of carbonyl (C=O) groups is 1. The first-order valence-electron chi connectivity index (χ1n) is 11.0. The van der Waals surface area contributed by atoms with E-state index in [9.17, 15) is 9.59 Å². The summed E-state index contributed by atoms with van der Waals surface area (Å²) in [6.07, 6.45) is 1.63. The highest BCUT2D eigenvalue weighted by atomic mass is 35.5. The van der Waals surface area contributed by atoms with Crippen molar-refractivity contribution in [3.8, 4) is 0 Å². The molecule has 0 bridgehead atoms. The fourth-order valence-corrected chi connectivity index (χ4v) is 4.90. The first-order chi connectivity index (χ1) is 16.4. The van der Waals surface area contributed by atoms with Gasteiger partial charge in [-0.05, 0) is 43.5 Å². The van der Waals surface area contributed by atoms with Gasteiger partial charge in [-0.3, -0.25) is 9.59 Å². The molecule has 0 aliphatic carbocycles. The number of fused-ring (bicyclic) bond motifs is 1. The van der Waals surface area contributed by atoms with Gasteiger partial charge in [0, 0.05) is 40.2 Å². The predicted octanol–water partition coefficient (Wildman–Crippen LogP) is 4.20. The Hall–Kier alpha value is -3.23. The van der Waals surface area contributed by atoms with Crippen LogP contribution in [0.1, 0.15) is 46.1 Å². The molecule has 10 heteroatoms. The Morgan fingerprint density at radius 1 is 1.15 bits per heavy atom. The van der Waals surface area contributed by atoms with Crippen molar-refractivity contribution < 1.29 is 4.79 Å². The maximum absolute atomic E-state index is 13.1. The molecule has 5 rings (SSSR count). The van der Waals surface area contributed by atoms with Gasteiger partial charge in [-0.2, -0.15) is 0 Å². The van der Waals surface area contributed by atoms with Crippen LogP contribution in [0.2, 0.25) is 10.0 Å². The molecule has 1 unspecified atom stereocenters. The van der Waals surface area contributed by atoms with Gasteiger partial charge in [0.1, 0.15) is 5.82 Å². The molecule has 1 aliphatic heterocycles. The Kier molecular flexibility index (Phi) is 6.10. The van der Waals surface area contributed by atoms with Gasteiger partial charge >= 0.3 is 0 Å². The van der Waals surface area contributed by atoms with Crippen LogP contribution in [0.15, 0.2) is 47.3 Å². The summed E-state index contributed by atoms with van der Waals surface area (Å²) in [5, 5.41) is 9.12. The smallest absolute Gasteiger partial charge is 0.281 e. The molecule has 4 aromatic rings. The molecule has 174 valence electrons. The van der Waals surface area contributed by atoms with Gasteiger partial charge in [0.15, 0.2) is 11.2 Å². The Morgan fingerprint density at radius 3 is 2.68 bits per heavy atom. The van der Waals surface area contributed by atoms with Gasteiger partial charge in [0.2, 0.25) is 0 Å².